The number of tetrazole rings is 1. The second-order valence-corrected chi connectivity index (χ2v) is 4.87. The minimum absolute atomic E-state index is 0.522. The highest BCUT2D eigenvalue weighted by Gasteiger charge is 2.02. The van der Waals surface area contributed by atoms with Gasteiger partial charge in [0.25, 0.3) is 5.95 Å². The number of allylic oxidation sites excluding steroid dienone is 1. The molecule has 3 aromatic rings. The molecule has 0 atom stereocenters. The van der Waals surface area contributed by atoms with Gasteiger partial charge in [0, 0.05) is 6.54 Å². The van der Waals surface area contributed by atoms with Gasteiger partial charge in [0.2, 0.25) is 0 Å². The molecule has 1 aromatic heterocycles. The largest absolute Gasteiger partial charge is 0.348 e. The highest BCUT2D eigenvalue weighted by molar-refractivity contribution is 5.63. The Morgan fingerprint density at radius 1 is 1.00 bits per heavy atom. The summed E-state index contributed by atoms with van der Waals surface area (Å²) in [4.78, 5) is 1.49. The maximum atomic E-state index is 4.19. The first kappa shape index (κ1) is 14.0. The summed E-state index contributed by atoms with van der Waals surface area (Å²) < 4.78 is 0. The van der Waals surface area contributed by atoms with Crippen molar-refractivity contribution in [3.05, 3.63) is 72.8 Å². The molecule has 0 amide bonds. The molecule has 0 saturated heterocycles. The fraction of sp³-hybridized carbons (Fsp3) is 0.118. The van der Waals surface area contributed by atoms with Gasteiger partial charge in [-0.1, -0.05) is 65.8 Å². The van der Waals surface area contributed by atoms with Crippen molar-refractivity contribution in [1.82, 2.24) is 20.2 Å². The molecule has 0 aliphatic heterocycles. The van der Waals surface area contributed by atoms with Crippen LogP contribution < -0.4 is 5.32 Å². The quantitative estimate of drug-likeness (QED) is 0.709. The maximum absolute atomic E-state index is 4.19. The van der Waals surface area contributed by atoms with E-state index in [2.05, 4.69) is 63.7 Å². The van der Waals surface area contributed by atoms with Crippen LogP contribution in [0.2, 0.25) is 0 Å². The fourth-order valence-corrected chi connectivity index (χ4v) is 2.13. The molecule has 2 aromatic carbocycles. The van der Waals surface area contributed by atoms with Crippen LogP contribution in [0.5, 0.6) is 0 Å². The molecular weight excluding hydrogens is 274 g/mol. The lowest BCUT2D eigenvalue weighted by Crippen LogP contribution is -2.03. The van der Waals surface area contributed by atoms with Crippen molar-refractivity contribution in [1.29, 1.82) is 0 Å². The van der Waals surface area contributed by atoms with Crippen LogP contribution in [0.3, 0.4) is 0 Å². The third kappa shape index (κ3) is 3.38. The Morgan fingerprint density at radius 2 is 1.73 bits per heavy atom. The molecule has 0 unspecified atom stereocenters. The maximum Gasteiger partial charge on any atom is 0.263 e. The van der Waals surface area contributed by atoms with Crippen molar-refractivity contribution in [2.24, 2.45) is 0 Å². The lowest BCUT2D eigenvalue weighted by atomic mass is 10.0. The molecule has 0 saturated carbocycles. The van der Waals surface area contributed by atoms with E-state index >= 15 is 0 Å². The Hall–Kier alpha value is -2.95. The summed E-state index contributed by atoms with van der Waals surface area (Å²) in [6, 6.07) is 18.8. The average Bonchev–Trinajstić information content (AvgIpc) is 3.02. The minimum atomic E-state index is 0.522. The number of benzene rings is 2. The van der Waals surface area contributed by atoms with Crippen LogP contribution in [0.4, 0.5) is 5.95 Å². The molecule has 1 N–H and O–H groups in total. The Kier molecular flexibility index (Phi) is 4.25. The van der Waals surface area contributed by atoms with Crippen LogP contribution >= 0.6 is 0 Å². The number of anilines is 1. The first-order valence-corrected chi connectivity index (χ1v) is 7.12. The number of hydrogen-bond donors (Lipinski definition) is 1. The molecule has 1 heterocycles. The first-order valence-electron chi connectivity index (χ1n) is 7.12. The van der Waals surface area contributed by atoms with Crippen LogP contribution in [0.25, 0.3) is 11.1 Å². The molecule has 0 spiro atoms. The van der Waals surface area contributed by atoms with Gasteiger partial charge in [0.05, 0.1) is 6.54 Å². The Balaban J connectivity index is 1.62. The zero-order chi connectivity index (χ0) is 15.2. The van der Waals surface area contributed by atoms with Crippen LogP contribution in [0.15, 0.2) is 67.3 Å². The van der Waals surface area contributed by atoms with E-state index in [4.69, 9.17) is 0 Å². The molecule has 0 fully saturated rings. The average molecular weight is 291 g/mol. The summed E-state index contributed by atoms with van der Waals surface area (Å²) in [7, 11) is 0. The molecular formula is C17H17N5. The van der Waals surface area contributed by atoms with Gasteiger partial charge in [0.1, 0.15) is 0 Å². The van der Waals surface area contributed by atoms with Gasteiger partial charge in [-0.25, -0.2) is 0 Å². The van der Waals surface area contributed by atoms with E-state index in [1.165, 1.54) is 21.5 Å². The van der Waals surface area contributed by atoms with Crippen molar-refractivity contribution in [2.45, 2.75) is 13.1 Å². The Labute approximate surface area is 129 Å². The van der Waals surface area contributed by atoms with Gasteiger partial charge >= 0.3 is 0 Å². The van der Waals surface area contributed by atoms with Gasteiger partial charge in [-0.15, -0.1) is 11.7 Å². The third-order valence-electron chi connectivity index (χ3n) is 3.26. The zero-order valence-electron chi connectivity index (χ0n) is 12.2. The molecule has 0 radical (unpaired) electrons. The molecule has 5 heteroatoms. The summed E-state index contributed by atoms with van der Waals surface area (Å²) >= 11 is 0. The van der Waals surface area contributed by atoms with Gasteiger partial charge in [-0.05, 0) is 21.9 Å². The van der Waals surface area contributed by atoms with Gasteiger partial charge in [0.15, 0.2) is 0 Å². The summed E-state index contributed by atoms with van der Waals surface area (Å²) in [6.07, 6.45) is 1.73. The lowest BCUT2D eigenvalue weighted by Gasteiger charge is -2.05. The van der Waals surface area contributed by atoms with E-state index in [0.29, 0.717) is 19.0 Å². The predicted octanol–water partition coefficient (Wildman–Crippen LogP) is 3.14. The second-order valence-electron chi connectivity index (χ2n) is 4.87. The van der Waals surface area contributed by atoms with E-state index in [1.54, 1.807) is 6.08 Å². The van der Waals surface area contributed by atoms with Crippen molar-refractivity contribution < 1.29 is 0 Å². The monoisotopic (exact) mass is 291 g/mol. The van der Waals surface area contributed by atoms with E-state index < -0.39 is 0 Å². The van der Waals surface area contributed by atoms with Crippen molar-refractivity contribution in [2.75, 3.05) is 5.32 Å². The van der Waals surface area contributed by atoms with Crippen molar-refractivity contribution in [3.8, 4) is 11.1 Å². The highest BCUT2D eigenvalue weighted by atomic mass is 15.6. The summed E-state index contributed by atoms with van der Waals surface area (Å²) in [5.41, 5.74) is 3.59. The standard InChI is InChI=1S/C17H17N5/c1-2-12-22-20-17(19-21-22)18-13-14-8-10-16(11-9-14)15-6-4-3-5-7-15/h2-11H,1,12-13H2,(H,18,20). The van der Waals surface area contributed by atoms with Gasteiger partial charge in [-0.2, -0.15) is 4.80 Å². The molecule has 0 bridgehead atoms. The SMILES string of the molecule is C=CCn1nnc(NCc2ccc(-c3ccccc3)cc2)n1. The summed E-state index contributed by atoms with van der Waals surface area (Å²) in [5, 5.41) is 15.2. The fourth-order valence-electron chi connectivity index (χ4n) is 2.13. The van der Waals surface area contributed by atoms with E-state index in [9.17, 15) is 0 Å². The molecule has 110 valence electrons. The van der Waals surface area contributed by atoms with Gasteiger partial charge in [-0.3, -0.25) is 0 Å². The number of nitrogens with zero attached hydrogens (tertiary/aromatic N) is 4. The Morgan fingerprint density at radius 3 is 2.45 bits per heavy atom. The Bertz CT molecular complexity index is 731. The van der Waals surface area contributed by atoms with E-state index in [0.717, 1.165) is 0 Å². The van der Waals surface area contributed by atoms with E-state index in [1.807, 2.05) is 18.2 Å². The summed E-state index contributed by atoms with van der Waals surface area (Å²) in [6.45, 7) is 4.86. The van der Waals surface area contributed by atoms with Crippen molar-refractivity contribution >= 4 is 5.95 Å². The highest BCUT2D eigenvalue weighted by Crippen LogP contribution is 2.19. The molecule has 5 nitrogen and oxygen atoms in total. The first-order chi connectivity index (χ1) is 10.8. The lowest BCUT2D eigenvalue weighted by molar-refractivity contribution is 0.583. The number of aromatic nitrogens is 4. The van der Waals surface area contributed by atoms with Crippen LogP contribution in [-0.2, 0) is 13.1 Å². The van der Waals surface area contributed by atoms with E-state index in [-0.39, 0.29) is 0 Å². The third-order valence-corrected chi connectivity index (χ3v) is 3.26. The minimum Gasteiger partial charge on any atom is -0.348 e. The smallest absolute Gasteiger partial charge is 0.263 e. The van der Waals surface area contributed by atoms with Gasteiger partial charge < -0.3 is 5.32 Å². The topological polar surface area (TPSA) is 55.6 Å². The van der Waals surface area contributed by atoms with Crippen LogP contribution in [0, 0.1) is 0 Å². The number of hydrogen-bond acceptors (Lipinski definition) is 4. The molecule has 0 aliphatic rings. The normalized spacial score (nSPS) is 10.4. The number of rotatable bonds is 6. The zero-order valence-corrected chi connectivity index (χ0v) is 12.2. The molecule has 22 heavy (non-hydrogen) atoms. The second kappa shape index (κ2) is 6.67. The molecule has 0 aliphatic carbocycles. The van der Waals surface area contributed by atoms with Crippen LogP contribution in [0.1, 0.15) is 5.56 Å². The predicted molar refractivity (Wildman–Crippen MR) is 87.2 cm³/mol. The number of nitrogens with one attached hydrogen (secondary N) is 1. The summed E-state index contributed by atoms with van der Waals surface area (Å²) in [5.74, 6) is 0.522. The molecule has 3 rings (SSSR count). The van der Waals surface area contributed by atoms with Crippen LogP contribution in [-0.4, -0.2) is 20.2 Å². The van der Waals surface area contributed by atoms with Crippen molar-refractivity contribution in [3.63, 3.8) is 0 Å².